The number of nitrogens with two attached hydrogens (primary N) is 1. The van der Waals surface area contributed by atoms with Crippen LogP contribution in [0.3, 0.4) is 0 Å². The number of para-hydroxylation sites is 1. The average molecular weight is 398 g/mol. The van der Waals surface area contributed by atoms with Crippen molar-refractivity contribution in [2.45, 2.75) is 13.5 Å². The molecule has 0 unspecified atom stereocenters. The van der Waals surface area contributed by atoms with E-state index in [0.29, 0.717) is 5.56 Å². The SMILES string of the molecule is CCOC(=O)COc1ccc(C(=O)c2cccc(CN)c2O)c(Cl)c1Cl. The number of phenols is 1. The predicted octanol–water partition coefficient (Wildman–Crippen LogP) is 3.33. The van der Waals surface area contributed by atoms with Gasteiger partial charge in [-0.3, -0.25) is 4.79 Å². The van der Waals surface area contributed by atoms with Gasteiger partial charge in [-0.05, 0) is 25.1 Å². The van der Waals surface area contributed by atoms with Crippen LogP contribution in [0, 0.1) is 0 Å². The number of ketones is 1. The first-order valence-corrected chi connectivity index (χ1v) is 8.48. The molecule has 2 rings (SSSR count). The first-order chi connectivity index (χ1) is 12.4. The third kappa shape index (κ3) is 4.27. The summed E-state index contributed by atoms with van der Waals surface area (Å²) >= 11 is 12.3. The maximum atomic E-state index is 12.7. The van der Waals surface area contributed by atoms with Crippen molar-refractivity contribution in [3.05, 3.63) is 57.1 Å². The number of phenolic OH excluding ortho intramolecular Hbond substituents is 1. The van der Waals surface area contributed by atoms with E-state index in [1.165, 1.54) is 18.2 Å². The fourth-order valence-corrected chi connectivity index (χ4v) is 2.70. The van der Waals surface area contributed by atoms with Crippen LogP contribution in [0.5, 0.6) is 11.5 Å². The Balaban J connectivity index is 2.30. The Morgan fingerprint density at radius 3 is 2.50 bits per heavy atom. The van der Waals surface area contributed by atoms with E-state index in [4.69, 9.17) is 38.4 Å². The molecule has 0 saturated carbocycles. The van der Waals surface area contributed by atoms with E-state index >= 15 is 0 Å². The Morgan fingerprint density at radius 2 is 1.85 bits per heavy atom. The molecule has 138 valence electrons. The van der Waals surface area contributed by atoms with Gasteiger partial charge in [0.05, 0.1) is 17.2 Å². The van der Waals surface area contributed by atoms with Crippen molar-refractivity contribution in [1.82, 2.24) is 0 Å². The summed E-state index contributed by atoms with van der Waals surface area (Å²) in [6, 6.07) is 7.52. The smallest absolute Gasteiger partial charge is 0.344 e. The maximum absolute atomic E-state index is 12.7. The molecule has 0 radical (unpaired) electrons. The number of benzene rings is 2. The minimum atomic E-state index is -0.552. The summed E-state index contributed by atoms with van der Waals surface area (Å²) in [5.41, 5.74) is 6.13. The van der Waals surface area contributed by atoms with E-state index in [1.807, 2.05) is 0 Å². The van der Waals surface area contributed by atoms with Crippen LogP contribution >= 0.6 is 23.2 Å². The summed E-state index contributed by atoms with van der Waals surface area (Å²) in [5.74, 6) is -1.12. The zero-order valence-corrected chi connectivity index (χ0v) is 15.4. The van der Waals surface area contributed by atoms with Gasteiger partial charge in [0, 0.05) is 17.7 Å². The number of hydrogen-bond donors (Lipinski definition) is 2. The van der Waals surface area contributed by atoms with Crippen molar-refractivity contribution in [3.63, 3.8) is 0 Å². The lowest BCUT2D eigenvalue weighted by atomic mass is 9.99. The molecule has 0 aliphatic rings. The van der Waals surface area contributed by atoms with E-state index in [2.05, 4.69) is 0 Å². The number of ether oxygens (including phenoxy) is 2. The van der Waals surface area contributed by atoms with Gasteiger partial charge < -0.3 is 20.3 Å². The van der Waals surface area contributed by atoms with Crippen LogP contribution in [0.15, 0.2) is 30.3 Å². The highest BCUT2D eigenvalue weighted by molar-refractivity contribution is 6.45. The largest absolute Gasteiger partial charge is 0.507 e. The van der Waals surface area contributed by atoms with E-state index < -0.39 is 11.8 Å². The van der Waals surface area contributed by atoms with Crippen LogP contribution in [0.2, 0.25) is 10.0 Å². The summed E-state index contributed by atoms with van der Waals surface area (Å²) in [6.07, 6.45) is 0. The van der Waals surface area contributed by atoms with E-state index in [9.17, 15) is 14.7 Å². The van der Waals surface area contributed by atoms with Gasteiger partial charge in [0.15, 0.2) is 12.4 Å². The third-order valence-electron chi connectivity index (χ3n) is 3.53. The Hall–Kier alpha value is -2.28. The van der Waals surface area contributed by atoms with E-state index in [1.54, 1.807) is 19.1 Å². The molecule has 26 heavy (non-hydrogen) atoms. The standard InChI is InChI=1S/C18H17Cl2NO5/c1-2-25-14(22)9-26-13-7-6-11(15(19)16(13)20)18(24)12-5-3-4-10(8-21)17(12)23/h3-7,23H,2,8-9,21H2,1H3. The molecule has 0 bridgehead atoms. The van der Waals surface area contributed by atoms with E-state index in [0.717, 1.165) is 0 Å². The Labute approximate surface area is 160 Å². The molecular formula is C18H17Cl2NO5. The number of halogens is 2. The van der Waals surface area contributed by atoms with Crippen LogP contribution in [0.4, 0.5) is 0 Å². The van der Waals surface area contributed by atoms with Gasteiger partial charge in [-0.1, -0.05) is 35.3 Å². The van der Waals surface area contributed by atoms with Gasteiger partial charge in [0.1, 0.15) is 16.5 Å². The zero-order valence-electron chi connectivity index (χ0n) is 13.9. The topological polar surface area (TPSA) is 98.9 Å². The highest BCUT2D eigenvalue weighted by Gasteiger charge is 2.21. The number of hydrogen-bond acceptors (Lipinski definition) is 6. The second-order valence-corrected chi connectivity index (χ2v) is 5.94. The first-order valence-electron chi connectivity index (χ1n) is 7.72. The highest BCUT2D eigenvalue weighted by Crippen LogP contribution is 2.37. The number of esters is 1. The molecule has 0 aromatic heterocycles. The van der Waals surface area contributed by atoms with Gasteiger partial charge in [0.25, 0.3) is 0 Å². The monoisotopic (exact) mass is 397 g/mol. The summed E-state index contributed by atoms with van der Waals surface area (Å²) in [5, 5.41) is 10.1. The van der Waals surface area contributed by atoms with Crippen molar-refractivity contribution in [2.24, 2.45) is 5.73 Å². The van der Waals surface area contributed by atoms with Gasteiger partial charge in [-0.15, -0.1) is 0 Å². The summed E-state index contributed by atoms with van der Waals surface area (Å²) in [4.78, 5) is 24.1. The van der Waals surface area contributed by atoms with Gasteiger partial charge in [0.2, 0.25) is 0 Å². The maximum Gasteiger partial charge on any atom is 0.344 e. The molecule has 0 amide bonds. The van der Waals surface area contributed by atoms with Crippen LogP contribution in [-0.2, 0) is 16.1 Å². The molecule has 8 heteroatoms. The predicted molar refractivity (Wildman–Crippen MR) is 98.0 cm³/mol. The van der Waals surface area contributed by atoms with Crippen molar-refractivity contribution in [3.8, 4) is 11.5 Å². The summed E-state index contributed by atoms with van der Waals surface area (Å²) in [6.45, 7) is 1.66. The van der Waals surface area contributed by atoms with Crippen LogP contribution in [0.1, 0.15) is 28.4 Å². The van der Waals surface area contributed by atoms with Crippen LogP contribution < -0.4 is 10.5 Å². The van der Waals surface area contributed by atoms with Crippen molar-refractivity contribution < 1.29 is 24.2 Å². The molecule has 2 aromatic carbocycles. The summed E-state index contributed by atoms with van der Waals surface area (Å²) in [7, 11) is 0. The molecule has 0 saturated heterocycles. The molecule has 0 aliphatic heterocycles. The number of carbonyl (C=O) groups is 2. The fraction of sp³-hybridized carbons (Fsp3) is 0.222. The second-order valence-electron chi connectivity index (χ2n) is 5.18. The molecule has 3 N–H and O–H groups in total. The lowest BCUT2D eigenvalue weighted by Gasteiger charge is -2.12. The van der Waals surface area contributed by atoms with Crippen molar-refractivity contribution in [2.75, 3.05) is 13.2 Å². The molecule has 2 aromatic rings. The molecule has 0 fully saturated rings. The second kappa shape index (κ2) is 8.89. The highest BCUT2D eigenvalue weighted by atomic mass is 35.5. The fourth-order valence-electron chi connectivity index (χ4n) is 2.24. The van der Waals surface area contributed by atoms with Gasteiger partial charge in [-0.2, -0.15) is 0 Å². The molecular weight excluding hydrogens is 381 g/mol. The van der Waals surface area contributed by atoms with Crippen molar-refractivity contribution in [1.29, 1.82) is 0 Å². The molecule has 0 heterocycles. The van der Waals surface area contributed by atoms with Gasteiger partial charge in [-0.25, -0.2) is 4.79 Å². The van der Waals surface area contributed by atoms with Crippen molar-refractivity contribution >= 4 is 35.0 Å². The Morgan fingerprint density at radius 1 is 1.12 bits per heavy atom. The number of rotatable bonds is 7. The molecule has 0 spiro atoms. The molecule has 0 aliphatic carbocycles. The van der Waals surface area contributed by atoms with Crippen LogP contribution in [-0.4, -0.2) is 30.1 Å². The zero-order chi connectivity index (χ0) is 19.3. The lowest BCUT2D eigenvalue weighted by molar-refractivity contribution is -0.145. The Kier molecular flexibility index (Phi) is 6.85. The van der Waals surface area contributed by atoms with E-state index in [-0.39, 0.29) is 52.4 Å². The number of carbonyl (C=O) groups excluding carboxylic acids is 2. The van der Waals surface area contributed by atoms with Gasteiger partial charge >= 0.3 is 5.97 Å². The minimum absolute atomic E-state index is 0.0173. The minimum Gasteiger partial charge on any atom is -0.507 e. The quantitative estimate of drug-likeness (QED) is 0.548. The lowest BCUT2D eigenvalue weighted by Crippen LogP contribution is -2.15. The normalized spacial score (nSPS) is 10.5. The first kappa shape index (κ1) is 20.0. The molecule has 6 nitrogen and oxygen atoms in total. The Bertz CT molecular complexity index is 839. The molecule has 0 atom stereocenters. The third-order valence-corrected chi connectivity index (χ3v) is 4.39. The number of aromatic hydroxyl groups is 1. The van der Waals surface area contributed by atoms with Crippen LogP contribution in [0.25, 0.3) is 0 Å². The summed E-state index contributed by atoms with van der Waals surface area (Å²) < 4.78 is 10.0. The average Bonchev–Trinajstić information content (AvgIpc) is 2.63.